The number of benzene rings is 1. The lowest BCUT2D eigenvalue weighted by Crippen LogP contribution is -2.12. The van der Waals surface area contributed by atoms with Gasteiger partial charge in [-0.05, 0) is 36.5 Å². The fraction of sp³-hybridized carbons (Fsp3) is 0.417. The summed E-state index contributed by atoms with van der Waals surface area (Å²) >= 11 is 0. The van der Waals surface area contributed by atoms with Crippen molar-refractivity contribution in [1.82, 2.24) is 0 Å². The molecule has 0 amide bonds. The van der Waals surface area contributed by atoms with Gasteiger partial charge in [0.05, 0.1) is 12.3 Å². The van der Waals surface area contributed by atoms with Crippen molar-refractivity contribution in [2.75, 3.05) is 6.61 Å². The van der Waals surface area contributed by atoms with E-state index in [1.807, 2.05) is 6.07 Å². The molecule has 0 bridgehead atoms. The Kier molecular flexibility index (Phi) is 1.91. The Morgan fingerprint density at radius 1 is 1.13 bits per heavy atom. The quantitative estimate of drug-likeness (QED) is 0.518. The lowest BCUT2D eigenvalue weighted by Gasteiger charge is -2.17. The van der Waals surface area contributed by atoms with Crippen LogP contribution in [0.4, 0.5) is 0 Å². The maximum Gasteiger partial charge on any atom is 0.123 e. The summed E-state index contributed by atoms with van der Waals surface area (Å²) in [5.41, 5.74) is 4.48. The van der Waals surface area contributed by atoms with Gasteiger partial charge in [-0.25, -0.2) is 0 Å². The molecule has 0 spiro atoms. The van der Waals surface area contributed by atoms with Gasteiger partial charge in [0.2, 0.25) is 0 Å². The molecule has 0 fully saturated rings. The molecule has 0 aromatic heterocycles. The molecule has 1 N–H and O–H groups in total. The number of fused-ring (bicyclic) bond motifs is 2. The van der Waals surface area contributed by atoms with E-state index in [9.17, 15) is 0 Å². The average molecular weight is 203 g/mol. The van der Waals surface area contributed by atoms with Crippen molar-refractivity contribution in [1.29, 1.82) is 0 Å². The van der Waals surface area contributed by atoms with E-state index in [2.05, 4.69) is 11.2 Å². The first-order chi connectivity index (χ1) is 7.38. The van der Waals surface area contributed by atoms with Crippen molar-refractivity contribution in [2.24, 2.45) is 5.16 Å². The molecule has 2 aliphatic rings. The summed E-state index contributed by atoms with van der Waals surface area (Å²) in [7, 11) is 0. The number of oxime groups is 1. The van der Waals surface area contributed by atoms with E-state index in [0.29, 0.717) is 0 Å². The molecule has 1 aromatic carbocycles. The first-order valence-electron chi connectivity index (χ1n) is 5.38. The van der Waals surface area contributed by atoms with E-state index < -0.39 is 0 Å². The van der Waals surface area contributed by atoms with Crippen molar-refractivity contribution in [3.8, 4) is 5.75 Å². The van der Waals surface area contributed by atoms with Crippen LogP contribution in [0.25, 0.3) is 0 Å². The molecular formula is C12H13NO2. The highest BCUT2D eigenvalue weighted by atomic mass is 16.5. The van der Waals surface area contributed by atoms with E-state index in [-0.39, 0.29) is 0 Å². The van der Waals surface area contributed by atoms with Crippen LogP contribution in [0.2, 0.25) is 0 Å². The van der Waals surface area contributed by atoms with Crippen molar-refractivity contribution in [3.05, 3.63) is 28.8 Å². The topological polar surface area (TPSA) is 41.8 Å². The summed E-state index contributed by atoms with van der Waals surface area (Å²) in [6.45, 7) is 0.782. The van der Waals surface area contributed by atoms with Crippen LogP contribution in [0.5, 0.6) is 5.75 Å². The molecule has 0 atom stereocenters. The minimum atomic E-state index is 0.782. The third-order valence-corrected chi connectivity index (χ3v) is 3.21. The summed E-state index contributed by atoms with van der Waals surface area (Å²) in [5.74, 6) is 0.969. The third kappa shape index (κ3) is 1.30. The number of hydrogen-bond acceptors (Lipinski definition) is 3. The van der Waals surface area contributed by atoms with Crippen molar-refractivity contribution in [2.45, 2.75) is 25.7 Å². The Hall–Kier alpha value is -1.51. The van der Waals surface area contributed by atoms with Crippen LogP contribution in [-0.2, 0) is 12.8 Å². The highest BCUT2D eigenvalue weighted by Gasteiger charge is 2.21. The molecule has 3 heteroatoms. The van der Waals surface area contributed by atoms with Gasteiger partial charge in [0, 0.05) is 12.0 Å². The Morgan fingerprint density at radius 2 is 2.07 bits per heavy atom. The fourth-order valence-corrected chi connectivity index (χ4v) is 2.44. The molecular weight excluding hydrogens is 190 g/mol. The molecule has 1 aliphatic carbocycles. The van der Waals surface area contributed by atoms with Crippen LogP contribution in [0.3, 0.4) is 0 Å². The summed E-state index contributed by atoms with van der Waals surface area (Å²) in [6.07, 6.45) is 4.03. The second kappa shape index (κ2) is 3.26. The van der Waals surface area contributed by atoms with Gasteiger partial charge in [-0.1, -0.05) is 11.2 Å². The molecule has 1 heterocycles. The molecule has 1 aromatic rings. The molecule has 0 saturated carbocycles. The SMILES string of the molecule is ON=C1CCCc2cc3c(cc21)OCC3. The van der Waals surface area contributed by atoms with Gasteiger partial charge in [-0.3, -0.25) is 0 Å². The second-order valence-electron chi connectivity index (χ2n) is 4.12. The van der Waals surface area contributed by atoms with E-state index >= 15 is 0 Å². The summed E-state index contributed by atoms with van der Waals surface area (Å²) in [4.78, 5) is 0. The molecule has 0 radical (unpaired) electrons. The van der Waals surface area contributed by atoms with Gasteiger partial charge in [-0.2, -0.15) is 0 Å². The van der Waals surface area contributed by atoms with Gasteiger partial charge < -0.3 is 9.94 Å². The Balaban J connectivity index is 2.16. The zero-order valence-corrected chi connectivity index (χ0v) is 8.49. The Morgan fingerprint density at radius 3 is 2.93 bits per heavy atom. The van der Waals surface area contributed by atoms with Crippen LogP contribution in [0, 0.1) is 0 Å². The zero-order chi connectivity index (χ0) is 10.3. The van der Waals surface area contributed by atoms with Crippen LogP contribution in [0.1, 0.15) is 29.5 Å². The van der Waals surface area contributed by atoms with Crippen molar-refractivity contribution >= 4 is 5.71 Å². The Bertz CT molecular complexity index is 437. The summed E-state index contributed by atoms with van der Waals surface area (Å²) < 4.78 is 5.52. The largest absolute Gasteiger partial charge is 0.493 e. The van der Waals surface area contributed by atoms with Crippen LogP contribution >= 0.6 is 0 Å². The van der Waals surface area contributed by atoms with Gasteiger partial charge in [-0.15, -0.1) is 0 Å². The fourth-order valence-electron chi connectivity index (χ4n) is 2.44. The van der Waals surface area contributed by atoms with Crippen molar-refractivity contribution < 1.29 is 9.94 Å². The van der Waals surface area contributed by atoms with E-state index in [4.69, 9.17) is 9.94 Å². The van der Waals surface area contributed by atoms with Crippen LogP contribution < -0.4 is 4.74 Å². The van der Waals surface area contributed by atoms with E-state index in [1.54, 1.807) is 0 Å². The number of hydrogen-bond donors (Lipinski definition) is 1. The van der Waals surface area contributed by atoms with Crippen LogP contribution in [0.15, 0.2) is 17.3 Å². The number of ether oxygens (including phenoxy) is 1. The highest BCUT2D eigenvalue weighted by molar-refractivity contribution is 6.02. The second-order valence-corrected chi connectivity index (χ2v) is 4.12. The summed E-state index contributed by atoms with van der Waals surface area (Å²) in [5, 5.41) is 12.3. The maximum atomic E-state index is 8.93. The molecule has 15 heavy (non-hydrogen) atoms. The molecule has 1 aliphatic heterocycles. The molecule has 78 valence electrons. The Labute approximate surface area is 88.4 Å². The third-order valence-electron chi connectivity index (χ3n) is 3.21. The first-order valence-corrected chi connectivity index (χ1v) is 5.38. The molecule has 3 rings (SSSR count). The molecule has 0 unspecified atom stereocenters. The minimum absolute atomic E-state index is 0.782. The highest BCUT2D eigenvalue weighted by Crippen LogP contribution is 2.32. The number of nitrogens with zero attached hydrogens (tertiary/aromatic N) is 1. The van der Waals surface area contributed by atoms with Crippen molar-refractivity contribution in [3.63, 3.8) is 0 Å². The predicted octanol–water partition coefficient (Wildman–Crippen LogP) is 2.14. The van der Waals surface area contributed by atoms with Crippen LogP contribution in [-0.4, -0.2) is 17.5 Å². The lowest BCUT2D eigenvalue weighted by atomic mass is 9.88. The van der Waals surface area contributed by atoms with E-state index in [1.165, 1.54) is 11.1 Å². The molecule has 0 saturated heterocycles. The van der Waals surface area contributed by atoms with Gasteiger partial charge in [0.1, 0.15) is 5.75 Å². The van der Waals surface area contributed by atoms with E-state index in [0.717, 1.165) is 49.3 Å². The maximum absolute atomic E-state index is 8.93. The molecule has 3 nitrogen and oxygen atoms in total. The zero-order valence-electron chi connectivity index (χ0n) is 8.49. The normalized spacial score (nSPS) is 20.9. The monoisotopic (exact) mass is 203 g/mol. The summed E-state index contributed by atoms with van der Waals surface area (Å²) in [6, 6.07) is 4.24. The lowest BCUT2D eigenvalue weighted by molar-refractivity contribution is 0.317. The van der Waals surface area contributed by atoms with Gasteiger partial charge >= 0.3 is 0 Å². The first kappa shape index (κ1) is 8.77. The minimum Gasteiger partial charge on any atom is -0.493 e. The number of rotatable bonds is 0. The number of aryl methyl sites for hydroxylation is 1. The average Bonchev–Trinajstić information content (AvgIpc) is 2.72. The smallest absolute Gasteiger partial charge is 0.123 e. The van der Waals surface area contributed by atoms with Gasteiger partial charge in [0.15, 0.2) is 0 Å². The standard InChI is InChI=1S/C12H13NO2/c14-13-11-3-1-2-8-6-9-4-5-15-12(9)7-10(8)11/h6-7,14H,1-5H2. The predicted molar refractivity (Wildman–Crippen MR) is 56.9 cm³/mol. The van der Waals surface area contributed by atoms with Gasteiger partial charge in [0.25, 0.3) is 0 Å².